The second-order valence-corrected chi connectivity index (χ2v) is 9.94. The molecule has 3 rings (SSSR count). The van der Waals surface area contributed by atoms with Gasteiger partial charge < -0.3 is 14.8 Å². The van der Waals surface area contributed by atoms with Crippen molar-refractivity contribution in [1.82, 2.24) is 25.3 Å². The number of carbonyl (C=O) groups excluding carboxylic acids is 2. The average molecular weight is 565 g/mol. The van der Waals surface area contributed by atoms with Crippen molar-refractivity contribution in [2.45, 2.75) is 71.6 Å². The normalized spacial score (nSPS) is 13.5. The van der Waals surface area contributed by atoms with Gasteiger partial charge in [0, 0.05) is 11.6 Å². The number of hydrogen-bond acceptors (Lipinski definition) is 7. The molecule has 3 N–H and O–H groups in total. The van der Waals surface area contributed by atoms with Crippen LogP contribution in [0, 0.1) is 5.41 Å². The van der Waals surface area contributed by atoms with Crippen molar-refractivity contribution >= 4 is 23.6 Å². The highest BCUT2D eigenvalue weighted by Crippen LogP contribution is 2.38. The average Bonchev–Trinajstić information content (AvgIpc) is 3.57. The smallest absolute Gasteiger partial charge is 0.416 e. The van der Waals surface area contributed by atoms with Crippen LogP contribution in [0.15, 0.2) is 40.9 Å². The lowest BCUT2D eigenvalue weighted by molar-refractivity contribution is -0.141. The minimum Gasteiger partial charge on any atom is -0.465 e. The fraction of sp³-hybridized carbons (Fsp3) is 0.462. The zero-order valence-corrected chi connectivity index (χ0v) is 22.5. The third-order valence-corrected chi connectivity index (χ3v) is 6.44. The van der Waals surface area contributed by atoms with E-state index in [0.717, 1.165) is 17.0 Å². The third-order valence-electron chi connectivity index (χ3n) is 6.44. The quantitative estimate of drug-likeness (QED) is 0.237. The lowest BCUT2D eigenvalue weighted by Gasteiger charge is -2.42. The maximum Gasteiger partial charge on any atom is 0.416 e. The Hall–Kier alpha value is -4.23. The van der Waals surface area contributed by atoms with Gasteiger partial charge in [-0.05, 0) is 42.5 Å². The molecule has 0 fully saturated rings. The van der Waals surface area contributed by atoms with Crippen molar-refractivity contribution in [3.8, 4) is 11.5 Å². The fourth-order valence-corrected chi connectivity index (χ4v) is 4.64. The van der Waals surface area contributed by atoms with Crippen LogP contribution in [0.2, 0.25) is 0 Å². The number of ketones is 1. The first kappa shape index (κ1) is 30.3. The first-order valence-electron chi connectivity index (χ1n) is 12.7. The Labute approximate surface area is 228 Å². The minimum absolute atomic E-state index is 0.122. The predicted molar refractivity (Wildman–Crippen MR) is 137 cm³/mol. The first-order valence-corrected chi connectivity index (χ1v) is 12.7. The zero-order chi connectivity index (χ0) is 29.7. The van der Waals surface area contributed by atoms with E-state index in [1.54, 1.807) is 20.8 Å². The number of hydrogen-bond donors (Lipinski definition) is 3. The summed E-state index contributed by atoms with van der Waals surface area (Å²) >= 11 is 0. The molecule has 40 heavy (non-hydrogen) atoms. The summed E-state index contributed by atoms with van der Waals surface area (Å²) in [6.45, 7) is 7.06. The number of Topliss-reactive ketones (excluding diaryl/α,β-unsaturated/α-hetero) is 1. The molecule has 2 aromatic heterocycles. The number of H-pyrrole nitrogens is 1. The Bertz CT molecular complexity index is 1310. The Morgan fingerprint density at radius 3 is 2.27 bits per heavy atom. The summed E-state index contributed by atoms with van der Waals surface area (Å²) in [6.07, 6.45) is -3.01. The van der Waals surface area contributed by atoms with Crippen molar-refractivity contribution in [3.05, 3.63) is 48.0 Å². The molecule has 0 radical (unpaired) electrons. The SMILES string of the molecule is CCC[C@@H](c1nnc(-c2ccc(C(F)(F)F)cc2)o1)N(C(=O)O)[C@H](C(=O)C(=O)Nc1ccn[nH]1)C(C)(C)CCC. The van der Waals surface area contributed by atoms with Gasteiger partial charge in [-0.3, -0.25) is 19.6 Å². The van der Waals surface area contributed by atoms with E-state index in [0.29, 0.717) is 19.3 Å². The summed E-state index contributed by atoms with van der Waals surface area (Å²) in [5.41, 5.74) is -1.65. The molecular formula is C26H31F3N6O5. The maximum absolute atomic E-state index is 13.6. The fourth-order valence-electron chi connectivity index (χ4n) is 4.64. The summed E-state index contributed by atoms with van der Waals surface area (Å²) in [4.78, 5) is 40.2. The van der Waals surface area contributed by atoms with Crippen LogP contribution in [0.1, 0.15) is 70.9 Å². The van der Waals surface area contributed by atoms with E-state index >= 15 is 0 Å². The van der Waals surface area contributed by atoms with E-state index in [-0.39, 0.29) is 29.6 Å². The number of nitrogens with zero attached hydrogens (tertiary/aromatic N) is 4. The highest BCUT2D eigenvalue weighted by Gasteiger charge is 2.48. The van der Waals surface area contributed by atoms with Crippen LogP contribution >= 0.6 is 0 Å². The molecule has 0 aliphatic carbocycles. The molecular weight excluding hydrogens is 533 g/mol. The highest BCUT2D eigenvalue weighted by molar-refractivity contribution is 6.42. The van der Waals surface area contributed by atoms with Crippen LogP contribution in [0.4, 0.5) is 23.8 Å². The Morgan fingerprint density at radius 2 is 1.75 bits per heavy atom. The number of carbonyl (C=O) groups is 3. The van der Waals surface area contributed by atoms with Gasteiger partial charge in [0.05, 0.1) is 11.8 Å². The number of carboxylic acid groups (broad SMARTS) is 1. The third kappa shape index (κ3) is 6.85. The summed E-state index contributed by atoms with van der Waals surface area (Å²) in [6, 6.07) is 2.95. The summed E-state index contributed by atoms with van der Waals surface area (Å²) in [5.74, 6) is -2.13. The van der Waals surface area contributed by atoms with Crippen molar-refractivity contribution in [1.29, 1.82) is 0 Å². The number of halogens is 3. The van der Waals surface area contributed by atoms with Gasteiger partial charge in [-0.15, -0.1) is 10.2 Å². The van der Waals surface area contributed by atoms with Crippen molar-refractivity contribution in [3.63, 3.8) is 0 Å². The second-order valence-electron chi connectivity index (χ2n) is 9.94. The minimum atomic E-state index is -4.52. The monoisotopic (exact) mass is 564 g/mol. The summed E-state index contributed by atoms with van der Waals surface area (Å²) in [5, 5.41) is 26.9. The molecule has 2 heterocycles. The molecule has 2 amide bonds. The molecule has 0 aliphatic heterocycles. The molecule has 2 atom stereocenters. The second kappa shape index (κ2) is 12.3. The van der Waals surface area contributed by atoms with Gasteiger partial charge in [0.1, 0.15) is 17.9 Å². The first-order chi connectivity index (χ1) is 18.8. The van der Waals surface area contributed by atoms with E-state index in [4.69, 9.17) is 4.42 Å². The molecule has 0 saturated carbocycles. The van der Waals surface area contributed by atoms with E-state index in [1.165, 1.54) is 24.4 Å². The van der Waals surface area contributed by atoms with Gasteiger partial charge in [0.15, 0.2) is 0 Å². The molecule has 0 aliphatic rings. The van der Waals surface area contributed by atoms with Crippen LogP contribution in [0.25, 0.3) is 11.5 Å². The number of anilines is 1. The van der Waals surface area contributed by atoms with Gasteiger partial charge in [-0.1, -0.05) is 40.5 Å². The number of nitrogens with one attached hydrogen (secondary N) is 2. The number of amides is 2. The molecule has 0 spiro atoms. The van der Waals surface area contributed by atoms with E-state index in [9.17, 15) is 32.7 Å². The molecule has 1 aromatic carbocycles. The molecule has 0 bridgehead atoms. The molecule has 11 nitrogen and oxygen atoms in total. The van der Waals surface area contributed by atoms with E-state index in [1.807, 2.05) is 6.92 Å². The van der Waals surface area contributed by atoms with E-state index in [2.05, 4.69) is 25.7 Å². The molecule has 0 saturated heterocycles. The predicted octanol–water partition coefficient (Wildman–Crippen LogP) is 5.70. The van der Waals surface area contributed by atoms with Crippen LogP contribution in [0.5, 0.6) is 0 Å². The molecule has 14 heteroatoms. The van der Waals surface area contributed by atoms with E-state index < -0.39 is 47.0 Å². The topological polar surface area (TPSA) is 154 Å². The van der Waals surface area contributed by atoms with Gasteiger partial charge in [0.25, 0.3) is 5.91 Å². The summed E-state index contributed by atoms with van der Waals surface area (Å²) < 4.78 is 44.6. The van der Waals surface area contributed by atoms with Gasteiger partial charge in [0.2, 0.25) is 17.6 Å². The van der Waals surface area contributed by atoms with Crippen molar-refractivity contribution < 1.29 is 37.1 Å². The number of alkyl halides is 3. The standard InChI is InChI=1S/C26H31F3N6O5/c1-5-7-17(23-34-33-22(40-23)15-8-10-16(11-9-15)26(27,28)29)35(24(38)39)20(25(3,4)13-6-2)19(36)21(37)31-18-12-14-30-32-18/h8-12,14,17,20H,5-7,13H2,1-4H3,(H,38,39)(H2,30,31,32,37)/t17-,20+/m0/s1. The largest absolute Gasteiger partial charge is 0.465 e. The molecule has 0 unspecified atom stereocenters. The van der Waals surface area contributed by atoms with Crippen LogP contribution in [-0.4, -0.2) is 54.2 Å². The van der Waals surface area contributed by atoms with Gasteiger partial charge >= 0.3 is 12.3 Å². The number of aromatic amines is 1. The molecule has 216 valence electrons. The highest BCUT2D eigenvalue weighted by atomic mass is 19.4. The maximum atomic E-state index is 13.6. The summed E-state index contributed by atoms with van der Waals surface area (Å²) in [7, 11) is 0. The Kier molecular flexibility index (Phi) is 9.32. The lowest BCUT2D eigenvalue weighted by Crippen LogP contribution is -2.56. The van der Waals surface area contributed by atoms with Crippen molar-refractivity contribution in [2.75, 3.05) is 5.32 Å². The Morgan fingerprint density at radius 1 is 1.07 bits per heavy atom. The number of rotatable bonds is 12. The Balaban J connectivity index is 2.03. The van der Waals surface area contributed by atoms with Gasteiger partial charge in [-0.25, -0.2) is 4.79 Å². The van der Waals surface area contributed by atoms with Crippen LogP contribution < -0.4 is 5.32 Å². The zero-order valence-electron chi connectivity index (χ0n) is 22.5. The number of aromatic nitrogens is 4. The van der Waals surface area contributed by atoms with Crippen molar-refractivity contribution in [2.24, 2.45) is 5.41 Å². The number of benzene rings is 1. The molecule has 3 aromatic rings. The van der Waals surface area contributed by atoms with Crippen LogP contribution in [0.3, 0.4) is 0 Å². The van der Waals surface area contributed by atoms with Crippen LogP contribution in [-0.2, 0) is 15.8 Å². The lowest BCUT2D eigenvalue weighted by atomic mass is 9.76. The van der Waals surface area contributed by atoms with Gasteiger partial charge in [-0.2, -0.15) is 18.3 Å².